The maximum atomic E-state index is 12.8. The standard InChI is InChI=1S/C11H11F3N4/c12-11(13,14)8-5-7(15)1-2-9(8)18-6-10-16-3-4-17-10/h1-5,18H,6,15H2,(H,16,17). The Bertz CT molecular complexity index is 520. The monoisotopic (exact) mass is 256 g/mol. The van der Waals surface area contributed by atoms with E-state index in [4.69, 9.17) is 5.73 Å². The van der Waals surface area contributed by atoms with Crippen LogP contribution in [0.1, 0.15) is 11.4 Å². The van der Waals surface area contributed by atoms with Crippen LogP contribution in [0.15, 0.2) is 30.6 Å². The third kappa shape index (κ3) is 2.73. The number of nitrogens with two attached hydrogens (primary N) is 1. The van der Waals surface area contributed by atoms with Crippen LogP contribution in [0.25, 0.3) is 0 Å². The number of aromatic nitrogens is 2. The number of nitrogen functional groups attached to an aromatic ring is 1. The van der Waals surface area contributed by atoms with E-state index in [9.17, 15) is 13.2 Å². The minimum Gasteiger partial charge on any atom is -0.399 e. The van der Waals surface area contributed by atoms with Gasteiger partial charge in [0.15, 0.2) is 0 Å². The van der Waals surface area contributed by atoms with Gasteiger partial charge in [0.25, 0.3) is 0 Å². The molecule has 1 heterocycles. The highest BCUT2D eigenvalue weighted by atomic mass is 19.4. The molecule has 0 aliphatic carbocycles. The highest BCUT2D eigenvalue weighted by Crippen LogP contribution is 2.36. The first kappa shape index (κ1) is 12.3. The molecule has 0 atom stereocenters. The zero-order valence-electron chi connectivity index (χ0n) is 9.25. The van der Waals surface area contributed by atoms with Gasteiger partial charge in [-0.15, -0.1) is 0 Å². The molecule has 1 aromatic heterocycles. The van der Waals surface area contributed by atoms with Crippen LogP contribution < -0.4 is 11.1 Å². The van der Waals surface area contributed by atoms with Gasteiger partial charge in [-0.3, -0.25) is 0 Å². The highest BCUT2D eigenvalue weighted by Gasteiger charge is 2.33. The number of nitrogens with zero attached hydrogens (tertiary/aromatic N) is 1. The zero-order chi connectivity index (χ0) is 13.2. The van der Waals surface area contributed by atoms with E-state index in [0.717, 1.165) is 6.07 Å². The predicted octanol–water partition coefficient (Wildman–Crippen LogP) is 2.62. The topological polar surface area (TPSA) is 66.7 Å². The fourth-order valence-corrected chi connectivity index (χ4v) is 1.52. The summed E-state index contributed by atoms with van der Waals surface area (Å²) >= 11 is 0. The van der Waals surface area contributed by atoms with Crippen molar-refractivity contribution >= 4 is 11.4 Å². The van der Waals surface area contributed by atoms with Gasteiger partial charge >= 0.3 is 6.18 Å². The van der Waals surface area contributed by atoms with Gasteiger partial charge in [-0.25, -0.2) is 4.98 Å². The van der Waals surface area contributed by atoms with E-state index in [-0.39, 0.29) is 17.9 Å². The van der Waals surface area contributed by atoms with Crippen LogP contribution in [0.5, 0.6) is 0 Å². The summed E-state index contributed by atoms with van der Waals surface area (Å²) in [6.45, 7) is 0.181. The Morgan fingerprint density at radius 3 is 2.72 bits per heavy atom. The predicted molar refractivity (Wildman–Crippen MR) is 61.8 cm³/mol. The lowest BCUT2D eigenvalue weighted by atomic mass is 10.1. The van der Waals surface area contributed by atoms with Gasteiger partial charge in [-0.1, -0.05) is 0 Å². The molecular weight excluding hydrogens is 245 g/mol. The van der Waals surface area contributed by atoms with Crippen LogP contribution >= 0.6 is 0 Å². The van der Waals surface area contributed by atoms with Crippen molar-refractivity contribution < 1.29 is 13.2 Å². The minimum absolute atomic E-state index is 0.0203. The first-order chi connectivity index (χ1) is 8.47. The van der Waals surface area contributed by atoms with Gasteiger partial charge in [-0.2, -0.15) is 13.2 Å². The first-order valence-electron chi connectivity index (χ1n) is 5.15. The molecule has 0 fully saturated rings. The number of nitrogens with one attached hydrogen (secondary N) is 2. The SMILES string of the molecule is Nc1ccc(NCc2ncc[nH]2)c(C(F)(F)F)c1. The minimum atomic E-state index is -4.44. The van der Waals surface area contributed by atoms with Gasteiger partial charge < -0.3 is 16.0 Å². The lowest BCUT2D eigenvalue weighted by Gasteiger charge is -2.14. The van der Waals surface area contributed by atoms with E-state index in [0.29, 0.717) is 5.82 Å². The Kier molecular flexibility index (Phi) is 3.14. The molecule has 0 amide bonds. The Hall–Kier alpha value is -2.18. The number of aromatic amines is 1. The molecule has 0 unspecified atom stereocenters. The molecule has 0 aliphatic rings. The third-order valence-corrected chi connectivity index (χ3v) is 2.35. The molecule has 4 N–H and O–H groups in total. The molecule has 1 aromatic carbocycles. The summed E-state index contributed by atoms with van der Waals surface area (Å²) in [6.07, 6.45) is -1.31. The van der Waals surface area contributed by atoms with Gasteiger partial charge in [0.05, 0.1) is 12.1 Å². The third-order valence-electron chi connectivity index (χ3n) is 2.35. The normalized spacial score (nSPS) is 11.5. The number of alkyl halides is 3. The Balaban J connectivity index is 2.22. The summed E-state index contributed by atoms with van der Waals surface area (Å²) in [6, 6.07) is 3.63. The Morgan fingerprint density at radius 2 is 2.11 bits per heavy atom. The Labute approximate surface area is 101 Å². The molecule has 0 spiro atoms. The van der Waals surface area contributed by atoms with Crippen LogP contribution in [-0.2, 0) is 12.7 Å². The molecule has 2 aromatic rings. The second-order valence-electron chi connectivity index (χ2n) is 3.69. The van der Waals surface area contributed by atoms with Crippen LogP contribution in [0.2, 0.25) is 0 Å². The largest absolute Gasteiger partial charge is 0.418 e. The molecule has 0 bridgehead atoms. The summed E-state index contributed by atoms with van der Waals surface area (Å²) < 4.78 is 38.3. The van der Waals surface area contributed by atoms with Crippen LogP contribution in [0.4, 0.5) is 24.5 Å². The Morgan fingerprint density at radius 1 is 1.33 bits per heavy atom. The van der Waals surface area contributed by atoms with Crippen molar-refractivity contribution in [3.8, 4) is 0 Å². The number of H-pyrrole nitrogens is 1. The molecule has 2 rings (SSSR count). The fourth-order valence-electron chi connectivity index (χ4n) is 1.52. The lowest BCUT2D eigenvalue weighted by Crippen LogP contribution is -2.12. The average molecular weight is 256 g/mol. The molecule has 0 aliphatic heterocycles. The van der Waals surface area contributed by atoms with Crippen molar-refractivity contribution in [1.29, 1.82) is 0 Å². The van der Waals surface area contributed by atoms with Crippen molar-refractivity contribution in [1.82, 2.24) is 9.97 Å². The summed E-state index contributed by atoms with van der Waals surface area (Å²) in [7, 11) is 0. The fraction of sp³-hybridized carbons (Fsp3) is 0.182. The van der Waals surface area contributed by atoms with E-state index in [1.165, 1.54) is 18.3 Å². The van der Waals surface area contributed by atoms with Crippen molar-refractivity contribution in [2.75, 3.05) is 11.1 Å². The van der Waals surface area contributed by atoms with E-state index >= 15 is 0 Å². The number of imidazole rings is 1. The molecule has 0 saturated carbocycles. The molecule has 0 saturated heterocycles. The number of hydrogen-bond donors (Lipinski definition) is 3. The number of hydrogen-bond acceptors (Lipinski definition) is 3. The summed E-state index contributed by atoms with van der Waals surface area (Å²) in [5, 5.41) is 2.68. The van der Waals surface area contributed by atoms with Crippen molar-refractivity contribution in [3.05, 3.63) is 42.0 Å². The van der Waals surface area contributed by atoms with Crippen molar-refractivity contribution in [2.45, 2.75) is 12.7 Å². The highest BCUT2D eigenvalue weighted by molar-refractivity contribution is 5.59. The van der Waals surface area contributed by atoms with Crippen molar-refractivity contribution in [2.24, 2.45) is 0 Å². The van der Waals surface area contributed by atoms with Gasteiger partial charge in [0, 0.05) is 23.8 Å². The van der Waals surface area contributed by atoms with E-state index in [1.54, 1.807) is 6.20 Å². The van der Waals surface area contributed by atoms with Crippen LogP contribution in [-0.4, -0.2) is 9.97 Å². The number of anilines is 2. The van der Waals surface area contributed by atoms with Gasteiger partial charge in [0.2, 0.25) is 0 Å². The number of rotatable bonds is 3. The van der Waals surface area contributed by atoms with Gasteiger partial charge in [-0.05, 0) is 18.2 Å². The average Bonchev–Trinajstić information content (AvgIpc) is 2.79. The zero-order valence-corrected chi connectivity index (χ0v) is 9.25. The molecule has 0 radical (unpaired) electrons. The smallest absolute Gasteiger partial charge is 0.399 e. The van der Waals surface area contributed by atoms with Crippen molar-refractivity contribution in [3.63, 3.8) is 0 Å². The molecule has 96 valence electrons. The first-order valence-corrected chi connectivity index (χ1v) is 5.15. The van der Waals surface area contributed by atoms with E-state index in [2.05, 4.69) is 15.3 Å². The summed E-state index contributed by atoms with van der Waals surface area (Å²) in [5.74, 6) is 0.556. The number of benzene rings is 1. The summed E-state index contributed by atoms with van der Waals surface area (Å²) in [4.78, 5) is 6.71. The second-order valence-corrected chi connectivity index (χ2v) is 3.69. The van der Waals surface area contributed by atoms with E-state index in [1.807, 2.05) is 0 Å². The molecule has 7 heteroatoms. The van der Waals surface area contributed by atoms with Crippen LogP contribution in [0, 0.1) is 0 Å². The van der Waals surface area contributed by atoms with Crippen LogP contribution in [0.3, 0.4) is 0 Å². The maximum Gasteiger partial charge on any atom is 0.418 e. The maximum absolute atomic E-state index is 12.8. The lowest BCUT2D eigenvalue weighted by molar-refractivity contribution is -0.136. The van der Waals surface area contributed by atoms with E-state index < -0.39 is 11.7 Å². The molecular formula is C11H11F3N4. The summed E-state index contributed by atoms with van der Waals surface area (Å²) in [5.41, 5.74) is 4.64. The van der Waals surface area contributed by atoms with Gasteiger partial charge in [0.1, 0.15) is 5.82 Å². The molecule has 18 heavy (non-hydrogen) atoms. The molecule has 4 nitrogen and oxygen atoms in total. The quantitative estimate of drug-likeness (QED) is 0.739. The number of halogens is 3. The second kappa shape index (κ2) is 4.59.